The number of hydrogen-bond acceptors (Lipinski definition) is 0. The Hall–Kier alpha value is -1.74. The molecule has 0 radical (unpaired) electrons. The van der Waals surface area contributed by atoms with Crippen LogP contribution in [-0.2, 0) is 0 Å². The summed E-state index contributed by atoms with van der Waals surface area (Å²) in [6.45, 7) is 0. The van der Waals surface area contributed by atoms with Gasteiger partial charge in [-0.3, -0.25) is 0 Å². The average molecular weight is 283 g/mol. The molecule has 0 bridgehead atoms. The molecule has 2 rings (SSSR count). The fraction of sp³-hybridized carbons (Fsp3) is 0. The second-order valence-electron chi connectivity index (χ2n) is 3.37. The van der Waals surface area contributed by atoms with E-state index in [2.05, 4.69) is 41.1 Å². The predicted molar refractivity (Wildman–Crippen MR) is 74.3 cm³/mol. The van der Waals surface area contributed by atoms with E-state index in [1.54, 1.807) is 0 Å². The maximum absolute atomic E-state index is 3.10. The van der Waals surface area contributed by atoms with E-state index in [4.69, 9.17) is 0 Å². The molecule has 0 saturated heterocycles. The molecular weight excluding hydrogens is 271 g/mol. The van der Waals surface area contributed by atoms with Gasteiger partial charge in [0.05, 0.1) is 0 Å². The minimum absolute atomic E-state index is 0.382. The fourth-order valence-corrected chi connectivity index (χ4v) is 2.57. The summed E-state index contributed by atoms with van der Waals surface area (Å²) in [5.41, 5.74) is 1.06. The topological polar surface area (TPSA) is 0 Å². The molecule has 0 heterocycles. The summed E-state index contributed by atoms with van der Waals surface area (Å²) < 4.78 is 1.37. The molecule has 0 N–H and O–H groups in total. The molecule has 0 saturated carbocycles. The normalized spacial score (nSPS) is 9.88. The van der Waals surface area contributed by atoms with Gasteiger partial charge in [-0.2, -0.15) is 0 Å². The Balaban J connectivity index is 1.89. The molecule has 0 fully saturated rings. The monoisotopic (exact) mass is 284 g/mol. The molecular formula is C16H12Se. The van der Waals surface area contributed by atoms with Crippen LogP contribution in [0.4, 0.5) is 0 Å². The van der Waals surface area contributed by atoms with E-state index < -0.39 is 0 Å². The molecule has 1 heteroatoms. The third kappa shape index (κ3) is 4.33. The first-order valence-corrected chi connectivity index (χ1v) is 7.23. The third-order valence-electron chi connectivity index (χ3n) is 2.09. The van der Waals surface area contributed by atoms with E-state index in [0.717, 1.165) is 5.56 Å². The number of rotatable bonds is 2. The second-order valence-corrected chi connectivity index (χ2v) is 5.42. The van der Waals surface area contributed by atoms with Crippen molar-refractivity contribution in [2.45, 2.75) is 0 Å². The van der Waals surface area contributed by atoms with Crippen molar-refractivity contribution in [1.29, 1.82) is 0 Å². The Labute approximate surface area is 109 Å². The van der Waals surface area contributed by atoms with Crippen molar-refractivity contribution >= 4 is 19.4 Å². The molecule has 0 nitrogen and oxygen atoms in total. The molecule has 0 atom stereocenters. The van der Waals surface area contributed by atoms with Gasteiger partial charge in [-0.25, -0.2) is 0 Å². The Morgan fingerprint density at radius 3 is 2.18 bits per heavy atom. The van der Waals surface area contributed by atoms with Gasteiger partial charge < -0.3 is 0 Å². The Morgan fingerprint density at radius 1 is 0.824 bits per heavy atom. The fourth-order valence-electron chi connectivity index (χ4n) is 1.29. The van der Waals surface area contributed by atoms with Crippen molar-refractivity contribution in [3.63, 3.8) is 0 Å². The van der Waals surface area contributed by atoms with E-state index in [1.807, 2.05) is 42.5 Å². The van der Waals surface area contributed by atoms with E-state index in [-0.39, 0.29) is 0 Å². The van der Waals surface area contributed by atoms with Crippen LogP contribution in [0.5, 0.6) is 0 Å². The SMILES string of the molecule is C(#Cc1ccccc1)/C=C\[Se]c1ccccc1. The summed E-state index contributed by atoms with van der Waals surface area (Å²) >= 11 is 0.382. The first kappa shape index (κ1) is 11.7. The molecule has 2 aromatic carbocycles. The van der Waals surface area contributed by atoms with Crippen molar-refractivity contribution in [1.82, 2.24) is 0 Å². The summed E-state index contributed by atoms with van der Waals surface area (Å²) in [4.78, 5) is 2.15. The van der Waals surface area contributed by atoms with Gasteiger partial charge in [-0.15, -0.1) is 0 Å². The Kier molecular flexibility index (Phi) is 4.67. The standard InChI is InChI=1S/C16H12Se/c1-3-9-15(10-4-1)11-7-8-14-17-16-12-5-2-6-13-16/h1-6,8-10,12-14H/b14-8-. The van der Waals surface area contributed by atoms with Crippen LogP contribution in [0.3, 0.4) is 0 Å². The van der Waals surface area contributed by atoms with Crippen LogP contribution in [0, 0.1) is 11.8 Å². The first-order valence-electron chi connectivity index (χ1n) is 5.38. The predicted octanol–water partition coefficient (Wildman–Crippen LogP) is 2.58. The van der Waals surface area contributed by atoms with Crippen LogP contribution in [0.25, 0.3) is 0 Å². The molecule has 82 valence electrons. The van der Waals surface area contributed by atoms with E-state index >= 15 is 0 Å². The third-order valence-corrected chi connectivity index (χ3v) is 3.80. The van der Waals surface area contributed by atoms with Gasteiger partial charge in [-0.1, -0.05) is 0 Å². The summed E-state index contributed by atoms with van der Waals surface area (Å²) in [6, 6.07) is 20.5. The van der Waals surface area contributed by atoms with Crippen LogP contribution >= 0.6 is 0 Å². The average Bonchev–Trinajstić information content (AvgIpc) is 2.41. The first-order chi connectivity index (χ1) is 8.45. The Bertz CT molecular complexity index is 530. The van der Waals surface area contributed by atoms with E-state index in [1.165, 1.54) is 4.46 Å². The summed E-state index contributed by atoms with van der Waals surface area (Å²) in [5, 5.41) is 0. The van der Waals surface area contributed by atoms with Gasteiger partial charge in [0.15, 0.2) is 0 Å². The van der Waals surface area contributed by atoms with Crippen molar-refractivity contribution in [3.8, 4) is 11.8 Å². The van der Waals surface area contributed by atoms with Crippen LogP contribution in [0.2, 0.25) is 0 Å². The molecule has 0 aliphatic carbocycles. The molecule has 0 aliphatic heterocycles. The minimum atomic E-state index is 0.382. The zero-order valence-corrected chi connectivity index (χ0v) is 11.0. The molecule has 0 amide bonds. The van der Waals surface area contributed by atoms with Gasteiger partial charge in [0.25, 0.3) is 0 Å². The van der Waals surface area contributed by atoms with Gasteiger partial charge in [0.1, 0.15) is 0 Å². The van der Waals surface area contributed by atoms with E-state index in [0.29, 0.717) is 15.0 Å². The second kappa shape index (κ2) is 6.76. The number of allylic oxidation sites excluding steroid dienone is 1. The van der Waals surface area contributed by atoms with Crippen molar-refractivity contribution in [2.24, 2.45) is 0 Å². The molecule has 17 heavy (non-hydrogen) atoms. The quantitative estimate of drug-likeness (QED) is 0.587. The Morgan fingerprint density at radius 2 is 1.47 bits per heavy atom. The summed E-state index contributed by atoms with van der Waals surface area (Å²) in [7, 11) is 0. The maximum atomic E-state index is 3.10. The molecule has 2 aromatic rings. The van der Waals surface area contributed by atoms with Crippen LogP contribution in [0.15, 0.2) is 71.7 Å². The number of hydrogen-bond donors (Lipinski definition) is 0. The number of benzene rings is 2. The van der Waals surface area contributed by atoms with Gasteiger partial charge in [0.2, 0.25) is 0 Å². The van der Waals surface area contributed by atoms with Crippen molar-refractivity contribution in [2.75, 3.05) is 0 Å². The summed E-state index contributed by atoms with van der Waals surface area (Å²) in [5.74, 6) is 6.16. The molecule has 0 aromatic heterocycles. The van der Waals surface area contributed by atoms with Gasteiger partial charge in [0, 0.05) is 0 Å². The summed E-state index contributed by atoms with van der Waals surface area (Å²) in [6.07, 6.45) is 1.94. The van der Waals surface area contributed by atoms with Crippen molar-refractivity contribution in [3.05, 3.63) is 77.3 Å². The molecule has 0 unspecified atom stereocenters. The van der Waals surface area contributed by atoms with Crippen molar-refractivity contribution < 1.29 is 0 Å². The van der Waals surface area contributed by atoms with E-state index in [9.17, 15) is 0 Å². The van der Waals surface area contributed by atoms with Crippen LogP contribution in [-0.4, -0.2) is 15.0 Å². The molecule has 0 aliphatic rings. The zero-order chi connectivity index (χ0) is 11.8. The molecule has 0 spiro atoms. The van der Waals surface area contributed by atoms with Gasteiger partial charge in [-0.05, 0) is 0 Å². The zero-order valence-electron chi connectivity index (χ0n) is 9.34. The van der Waals surface area contributed by atoms with Crippen LogP contribution in [0.1, 0.15) is 5.56 Å². The van der Waals surface area contributed by atoms with Gasteiger partial charge >= 0.3 is 109 Å². The van der Waals surface area contributed by atoms with Crippen LogP contribution < -0.4 is 4.46 Å².